The fraction of sp³-hybridized carbons (Fsp3) is 0.818. The van der Waals surface area contributed by atoms with Gasteiger partial charge in [-0.25, -0.2) is 0 Å². The first-order valence-corrected chi connectivity index (χ1v) is 6.96. The second-order valence-corrected chi connectivity index (χ2v) is 5.45. The van der Waals surface area contributed by atoms with Crippen LogP contribution in [0.4, 0.5) is 0 Å². The quantitative estimate of drug-likeness (QED) is 0.683. The molecule has 0 spiro atoms. The number of nitrogens with one attached hydrogen (secondary N) is 2. The van der Waals surface area contributed by atoms with E-state index in [1.165, 1.54) is 0 Å². The third-order valence-electron chi connectivity index (χ3n) is 2.60. The molecule has 1 aliphatic rings. The summed E-state index contributed by atoms with van der Waals surface area (Å²) >= 11 is 1.88. The van der Waals surface area contributed by atoms with Crippen molar-refractivity contribution in [2.45, 2.75) is 45.2 Å². The molecule has 2 atom stereocenters. The molecule has 0 aromatic rings. The number of carbonyl (C=O) groups is 2. The maximum absolute atomic E-state index is 11.7. The third kappa shape index (κ3) is 4.43. The minimum absolute atomic E-state index is 0.0191. The molecule has 0 aromatic carbocycles. The van der Waals surface area contributed by atoms with Crippen molar-refractivity contribution in [1.29, 1.82) is 0 Å². The monoisotopic (exact) mass is 244 g/mol. The molecule has 5 heteroatoms. The maximum Gasteiger partial charge on any atom is 0.242 e. The predicted octanol–water partition coefficient (Wildman–Crippen LogP) is 0.913. The summed E-state index contributed by atoms with van der Waals surface area (Å²) in [6, 6.07) is -0.127. The molecule has 0 aliphatic carbocycles. The van der Waals surface area contributed by atoms with E-state index in [1.807, 2.05) is 18.7 Å². The van der Waals surface area contributed by atoms with Crippen LogP contribution in [-0.4, -0.2) is 35.4 Å². The lowest BCUT2D eigenvalue weighted by Crippen LogP contribution is -2.45. The summed E-state index contributed by atoms with van der Waals surface area (Å²) in [5, 5.41) is 5.60. The van der Waals surface area contributed by atoms with Crippen LogP contribution < -0.4 is 10.6 Å². The lowest BCUT2D eigenvalue weighted by Gasteiger charge is -2.16. The van der Waals surface area contributed by atoms with E-state index in [-0.39, 0.29) is 23.9 Å². The minimum Gasteiger partial charge on any atom is -0.352 e. The minimum atomic E-state index is -0.311. The molecule has 0 aromatic heterocycles. The van der Waals surface area contributed by atoms with Gasteiger partial charge in [-0.15, -0.1) is 0 Å². The van der Waals surface area contributed by atoms with E-state index in [1.54, 1.807) is 0 Å². The smallest absolute Gasteiger partial charge is 0.242 e. The summed E-state index contributed by atoms with van der Waals surface area (Å²) in [7, 11) is 0. The lowest BCUT2D eigenvalue weighted by molar-refractivity contribution is -0.126. The SMILES string of the molecule is CCSCCC(C)NC(=O)C1CCC(=O)N1. The largest absolute Gasteiger partial charge is 0.352 e. The van der Waals surface area contributed by atoms with Gasteiger partial charge >= 0.3 is 0 Å². The normalized spacial score (nSPS) is 21.6. The van der Waals surface area contributed by atoms with Crippen LogP contribution in [0.25, 0.3) is 0 Å². The lowest BCUT2D eigenvalue weighted by atomic mass is 10.2. The van der Waals surface area contributed by atoms with Gasteiger partial charge in [0.05, 0.1) is 0 Å². The van der Waals surface area contributed by atoms with E-state index < -0.39 is 0 Å². The second-order valence-electron chi connectivity index (χ2n) is 4.05. The Morgan fingerprint density at radius 2 is 2.44 bits per heavy atom. The topological polar surface area (TPSA) is 58.2 Å². The average Bonchev–Trinajstić information content (AvgIpc) is 2.65. The average molecular weight is 244 g/mol. The van der Waals surface area contributed by atoms with Gasteiger partial charge in [0.25, 0.3) is 0 Å². The molecule has 1 heterocycles. The Kier molecular flexibility index (Phi) is 5.66. The van der Waals surface area contributed by atoms with Crippen molar-refractivity contribution in [3.05, 3.63) is 0 Å². The van der Waals surface area contributed by atoms with Crippen LogP contribution in [0.15, 0.2) is 0 Å². The molecule has 2 N–H and O–H groups in total. The van der Waals surface area contributed by atoms with Gasteiger partial charge in [-0.2, -0.15) is 11.8 Å². The molecule has 0 radical (unpaired) electrons. The van der Waals surface area contributed by atoms with Gasteiger partial charge < -0.3 is 10.6 Å². The Balaban J connectivity index is 2.20. The number of hydrogen-bond acceptors (Lipinski definition) is 3. The zero-order chi connectivity index (χ0) is 12.0. The van der Waals surface area contributed by atoms with Gasteiger partial charge in [-0.05, 0) is 31.3 Å². The van der Waals surface area contributed by atoms with Gasteiger partial charge in [-0.1, -0.05) is 6.92 Å². The number of amides is 2. The molecule has 92 valence electrons. The standard InChI is InChI=1S/C11H20N2O2S/c1-3-16-7-6-8(2)12-11(15)9-4-5-10(14)13-9/h8-9H,3-7H2,1-2H3,(H,12,15)(H,13,14). The van der Waals surface area contributed by atoms with Crippen LogP contribution in [0.5, 0.6) is 0 Å². The van der Waals surface area contributed by atoms with Crippen LogP contribution in [-0.2, 0) is 9.59 Å². The van der Waals surface area contributed by atoms with Gasteiger partial charge in [0.2, 0.25) is 11.8 Å². The molecule has 0 bridgehead atoms. The summed E-state index contributed by atoms with van der Waals surface area (Å²) in [6.45, 7) is 4.13. The van der Waals surface area contributed by atoms with Crippen molar-refractivity contribution in [2.24, 2.45) is 0 Å². The summed E-state index contributed by atoms with van der Waals surface area (Å²) < 4.78 is 0. The van der Waals surface area contributed by atoms with Crippen molar-refractivity contribution >= 4 is 23.6 Å². The second kappa shape index (κ2) is 6.78. The van der Waals surface area contributed by atoms with Gasteiger partial charge in [0.15, 0.2) is 0 Å². The Morgan fingerprint density at radius 3 is 3.00 bits per heavy atom. The van der Waals surface area contributed by atoms with Crippen LogP contribution in [0.3, 0.4) is 0 Å². The molecule has 4 nitrogen and oxygen atoms in total. The van der Waals surface area contributed by atoms with E-state index >= 15 is 0 Å². The van der Waals surface area contributed by atoms with Crippen molar-refractivity contribution in [2.75, 3.05) is 11.5 Å². The highest BCUT2D eigenvalue weighted by atomic mass is 32.2. The van der Waals surface area contributed by atoms with E-state index in [0.29, 0.717) is 12.8 Å². The molecule has 1 rings (SSSR count). The fourth-order valence-corrected chi connectivity index (χ4v) is 2.44. The Hall–Kier alpha value is -0.710. The maximum atomic E-state index is 11.7. The van der Waals surface area contributed by atoms with Gasteiger partial charge in [0.1, 0.15) is 6.04 Å². The highest BCUT2D eigenvalue weighted by molar-refractivity contribution is 7.99. The molecular weight excluding hydrogens is 224 g/mol. The zero-order valence-corrected chi connectivity index (χ0v) is 10.7. The van der Waals surface area contributed by atoms with Crippen molar-refractivity contribution in [1.82, 2.24) is 10.6 Å². The molecule has 1 fully saturated rings. The predicted molar refractivity (Wildman–Crippen MR) is 66.4 cm³/mol. The first-order valence-electron chi connectivity index (χ1n) is 5.81. The Morgan fingerprint density at radius 1 is 1.69 bits per heavy atom. The highest BCUT2D eigenvalue weighted by Crippen LogP contribution is 2.08. The molecule has 16 heavy (non-hydrogen) atoms. The first-order chi connectivity index (χ1) is 7.63. The highest BCUT2D eigenvalue weighted by Gasteiger charge is 2.27. The van der Waals surface area contributed by atoms with Gasteiger partial charge in [0, 0.05) is 12.5 Å². The van der Waals surface area contributed by atoms with E-state index in [4.69, 9.17) is 0 Å². The van der Waals surface area contributed by atoms with Crippen LogP contribution >= 0.6 is 11.8 Å². The van der Waals surface area contributed by atoms with Crippen LogP contribution in [0.2, 0.25) is 0 Å². The summed E-state index contributed by atoms with van der Waals surface area (Å²) in [4.78, 5) is 22.7. The Labute approximate surface area is 101 Å². The van der Waals surface area contributed by atoms with Gasteiger partial charge in [-0.3, -0.25) is 9.59 Å². The van der Waals surface area contributed by atoms with E-state index in [0.717, 1.165) is 17.9 Å². The Bertz CT molecular complexity index is 258. The molecule has 2 amide bonds. The molecule has 0 saturated carbocycles. The van der Waals surface area contributed by atoms with Crippen molar-refractivity contribution < 1.29 is 9.59 Å². The summed E-state index contributed by atoms with van der Waals surface area (Å²) in [6.07, 6.45) is 2.07. The van der Waals surface area contributed by atoms with Crippen LogP contribution in [0.1, 0.15) is 33.1 Å². The molecule has 1 aliphatic heterocycles. The van der Waals surface area contributed by atoms with E-state index in [9.17, 15) is 9.59 Å². The number of thioether (sulfide) groups is 1. The number of rotatable bonds is 6. The van der Waals surface area contributed by atoms with Crippen molar-refractivity contribution in [3.8, 4) is 0 Å². The molecule has 2 unspecified atom stereocenters. The molecular formula is C11H20N2O2S. The first kappa shape index (κ1) is 13.4. The third-order valence-corrected chi connectivity index (χ3v) is 3.53. The zero-order valence-electron chi connectivity index (χ0n) is 9.91. The molecule has 1 saturated heterocycles. The number of carbonyl (C=O) groups excluding carboxylic acids is 2. The van der Waals surface area contributed by atoms with Crippen LogP contribution in [0, 0.1) is 0 Å². The van der Waals surface area contributed by atoms with Crippen molar-refractivity contribution in [3.63, 3.8) is 0 Å². The summed E-state index contributed by atoms with van der Waals surface area (Å²) in [5.41, 5.74) is 0. The fourth-order valence-electron chi connectivity index (χ4n) is 1.63. The summed E-state index contributed by atoms with van der Waals surface area (Å²) in [5.74, 6) is 2.11. The number of hydrogen-bond donors (Lipinski definition) is 2. The van der Waals surface area contributed by atoms with E-state index in [2.05, 4.69) is 17.6 Å².